The zero-order valence-corrected chi connectivity index (χ0v) is 20.6. The zero-order valence-electron chi connectivity index (χ0n) is 20.6. The molecule has 5 heteroatoms. The molecule has 4 atom stereocenters. The third kappa shape index (κ3) is 2.92. The molecule has 3 aromatic rings. The maximum Gasteiger partial charge on any atom is 0.238 e. The number of ketones is 2. The molecule has 0 bridgehead atoms. The van der Waals surface area contributed by atoms with Crippen molar-refractivity contribution in [1.29, 1.82) is 0 Å². The Hall–Kier alpha value is -3.99. The zero-order chi connectivity index (χ0) is 25.2. The highest BCUT2D eigenvalue weighted by atomic mass is 16.2. The van der Waals surface area contributed by atoms with E-state index in [1.165, 1.54) is 0 Å². The van der Waals surface area contributed by atoms with Crippen LogP contribution >= 0.6 is 0 Å². The van der Waals surface area contributed by atoms with Crippen molar-refractivity contribution in [2.24, 2.45) is 11.3 Å². The Balaban J connectivity index is 1.69. The van der Waals surface area contributed by atoms with E-state index < -0.39 is 28.8 Å². The van der Waals surface area contributed by atoms with Gasteiger partial charge in [-0.1, -0.05) is 99.7 Å². The van der Waals surface area contributed by atoms with Crippen LogP contribution in [0.3, 0.4) is 0 Å². The van der Waals surface area contributed by atoms with Crippen molar-refractivity contribution in [3.63, 3.8) is 0 Å². The Morgan fingerprint density at radius 2 is 1.56 bits per heavy atom. The summed E-state index contributed by atoms with van der Waals surface area (Å²) >= 11 is 0. The molecular weight excluding hydrogens is 448 g/mol. The molecule has 0 aromatic heterocycles. The lowest BCUT2D eigenvalue weighted by atomic mass is 9.63. The number of hydrogen-bond acceptors (Lipinski definition) is 4. The number of anilines is 2. The maximum absolute atomic E-state index is 14.5. The van der Waals surface area contributed by atoms with Gasteiger partial charge in [0, 0.05) is 22.4 Å². The SMILES string of the molecule is CC(C)(C)C(=O)[C@@H]1[C@H](C(=O)c2ccccc2)[C@]2(C(=O)Nc3ccccc32)[C@@H]2C=Cc3ccccc3N12. The first-order valence-corrected chi connectivity index (χ1v) is 12.4. The number of nitrogens with one attached hydrogen (secondary N) is 1. The fourth-order valence-corrected chi connectivity index (χ4v) is 6.35. The molecule has 0 saturated carbocycles. The summed E-state index contributed by atoms with van der Waals surface area (Å²) < 4.78 is 0. The summed E-state index contributed by atoms with van der Waals surface area (Å²) in [5.74, 6) is -1.39. The molecule has 180 valence electrons. The fourth-order valence-electron chi connectivity index (χ4n) is 6.35. The summed E-state index contributed by atoms with van der Waals surface area (Å²) in [6, 6.07) is 23.2. The van der Waals surface area contributed by atoms with E-state index in [0.717, 1.165) is 16.8 Å². The van der Waals surface area contributed by atoms with Crippen molar-refractivity contribution in [2.75, 3.05) is 10.2 Å². The molecule has 3 aromatic carbocycles. The monoisotopic (exact) mass is 476 g/mol. The molecule has 3 heterocycles. The molecule has 3 aliphatic heterocycles. The number of Topliss-reactive ketones (excluding diaryl/α,β-unsaturated/α-hetero) is 2. The quantitative estimate of drug-likeness (QED) is 0.523. The number of amides is 1. The van der Waals surface area contributed by atoms with Crippen LogP contribution in [0.15, 0.2) is 84.9 Å². The van der Waals surface area contributed by atoms with Crippen LogP contribution in [0.2, 0.25) is 0 Å². The van der Waals surface area contributed by atoms with Crippen molar-refractivity contribution in [3.8, 4) is 0 Å². The van der Waals surface area contributed by atoms with E-state index >= 15 is 0 Å². The van der Waals surface area contributed by atoms with E-state index in [1.807, 2.05) is 99.7 Å². The first-order chi connectivity index (χ1) is 17.3. The van der Waals surface area contributed by atoms with E-state index in [4.69, 9.17) is 0 Å². The minimum atomic E-state index is -1.25. The van der Waals surface area contributed by atoms with Crippen LogP contribution in [0.25, 0.3) is 6.08 Å². The molecule has 1 N–H and O–H groups in total. The molecule has 1 fully saturated rings. The Morgan fingerprint density at radius 1 is 0.889 bits per heavy atom. The average molecular weight is 477 g/mol. The van der Waals surface area contributed by atoms with Crippen molar-refractivity contribution in [2.45, 2.75) is 38.3 Å². The van der Waals surface area contributed by atoms with Gasteiger partial charge in [-0.3, -0.25) is 14.4 Å². The van der Waals surface area contributed by atoms with Crippen LogP contribution < -0.4 is 10.2 Å². The summed E-state index contributed by atoms with van der Waals surface area (Å²) in [5, 5.41) is 3.06. The van der Waals surface area contributed by atoms with Gasteiger partial charge in [0.25, 0.3) is 0 Å². The van der Waals surface area contributed by atoms with Crippen molar-refractivity contribution in [3.05, 3.63) is 102 Å². The summed E-state index contributed by atoms with van der Waals surface area (Å²) in [5.41, 5.74) is 1.84. The van der Waals surface area contributed by atoms with Gasteiger partial charge in [-0.05, 0) is 23.3 Å². The van der Waals surface area contributed by atoms with Crippen molar-refractivity contribution >= 4 is 34.9 Å². The highest BCUT2D eigenvalue weighted by molar-refractivity contribution is 6.17. The Morgan fingerprint density at radius 3 is 2.31 bits per heavy atom. The van der Waals surface area contributed by atoms with E-state index in [-0.39, 0.29) is 17.5 Å². The van der Waals surface area contributed by atoms with Gasteiger partial charge in [-0.25, -0.2) is 0 Å². The highest BCUT2D eigenvalue weighted by Gasteiger charge is 2.70. The van der Waals surface area contributed by atoms with Crippen molar-refractivity contribution < 1.29 is 14.4 Å². The lowest BCUT2D eigenvalue weighted by molar-refractivity contribution is -0.128. The van der Waals surface area contributed by atoms with Gasteiger partial charge >= 0.3 is 0 Å². The molecule has 0 radical (unpaired) electrons. The molecule has 5 nitrogen and oxygen atoms in total. The van der Waals surface area contributed by atoms with Gasteiger partial charge in [0.15, 0.2) is 11.6 Å². The molecule has 0 unspecified atom stereocenters. The third-order valence-electron chi connectivity index (χ3n) is 7.89. The topological polar surface area (TPSA) is 66.5 Å². The van der Waals surface area contributed by atoms with Crippen molar-refractivity contribution in [1.82, 2.24) is 0 Å². The summed E-state index contributed by atoms with van der Waals surface area (Å²) in [6.45, 7) is 5.65. The van der Waals surface area contributed by atoms with Crippen LogP contribution in [-0.4, -0.2) is 29.6 Å². The predicted octanol–water partition coefficient (Wildman–Crippen LogP) is 5.28. The lowest BCUT2D eigenvalue weighted by Crippen LogP contribution is -2.51. The number of benzene rings is 3. The first-order valence-electron chi connectivity index (χ1n) is 12.4. The Kier molecular flexibility index (Phi) is 4.84. The molecule has 6 rings (SSSR count). The number of nitrogens with zero attached hydrogens (tertiary/aromatic N) is 1. The maximum atomic E-state index is 14.5. The Labute approximate surface area is 210 Å². The smallest absolute Gasteiger partial charge is 0.238 e. The minimum Gasteiger partial charge on any atom is -0.352 e. The average Bonchev–Trinajstić information content (AvgIpc) is 3.36. The molecular formula is C31H28N2O3. The number of carbonyl (C=O) groups is 3. The van der Waals surface area contributed by atoms with Crippen LogP contribution in [0.1, 0.15) is 42.3 Å². The van der Waals surface area contributed by atoms with Crippen LogP contribution in [-0.2, 0) is 15.0 Å². The van der Waals surface area contributed by atoms with Crippen LogP contribution in [0, 0.1) is 11.3 Å². The predicted molar refractivity (Wildman–Crippen MR) is 141 cm³/mol. The minimum absolute atomic E-state index is 0.0547. The molecule has 1 spiro atoms. The normalized spacial score (nSPS) is 25.8. The first kappa shape index (κ1) is 22.5. The Bertz CT molecular complexity index is 1440. The van der Waals surface area contributed by atoms with Crippen LogP contribution in [0.4, 0.5) is 11.4 Å². The van der Waals surface area contributed by atoms with Gasteiger partial charge in [0.2, 0.25) is 5.91 Å². The van der Waals surface area contributed by atoms with Crippen LogP contribution in [0.5, 0.6) is 0 Å². The van der Waals surface area contributed by atoms with Gasteiger partial charge < -0.3 is 10.2 Å². The fraction of sp³-hybridized carbons (Fsp3) is 0.258. The standard InChI is InChI=1S/C31H28N2O3/c1-30(2,3)28(35)26-25(27(34)20-12-5-4-6-13-20)31(21-14-8-9-15-22(21)32-29(31)36)24-18-17-19-11-7-10-16-23(19)33(24)26/h4-18,24-26H,1-3H3,(H,32,36)/t24-,25+,26-,31+/m0/s1. The second-order valence-corrected chi connectivity index (χ2v) is 10.9. The summed E-state index contributed by atoms with van der Waals surface area (Å²) in [4.78, 5) is 45.0. The van der Waals surface area contributed by atoms with E-state index in [0.29, 0.717) is 11.3 Å². The lowest BCUT2D eigenvalue weighted by Gasteiger charge is -2.38. The van der Waals surface area contributed by atoms with Gasteiger partial charge in [-0.2, -0.15) is 0 Å². The van der Waals surface area contributed by atoms with E-state index in [2.05, 4.69) is 10.2 Å². The molecule has 1 amide bonds. The van der Waals surface area contributed by atoms with Gasteiger partial charge in [0.05, 0.1) is 12.0 Å². The molecule has 0 aliphatic carbocycles. The molecule has 3 aliphatic rings. The van der Waals surface area contributed by atoms with Gasteiger partial charge in [-0.15, -0.1) is 0 Å². The number of hydrogen-bond donors (Lipinski definition) is 1. The summed E-state index contributed by atoms with van der Waals surface area (Å²) in [6.07, 6.45) is 4.02. The molecule has 1 saturated heterocycles. The second kappa shape index (κ2) is 7.76. The second-order valence-electron chi connectivity index (χ2n) is 10.9. The van der Waals surface area contributed by atoms with Gasteiger partial charge in [0.1, 0.15) is 11.5 Å². The molecule has 36 heavy (non-hydrogen) atoms. The third-order valence-corrected chi connectivity index (χ3v) is 7.89. The summed E-state index contributed by atoms with van der Waals surface area (Å²) in [7, 11) is 0. The highest BCUT2D eigenvalue weighted by Crippen LogP contribution is 2.58. The number of rotatable bonds is 3. The number of para-hydroxylation sites is 2. The number of fused-ring (bicyclic) bond motifs is 6. The number of carbonyl (C=O) groups excluding carboxylic acids is 3. The van der Waals surface area contributed by atoms with E-state index in [1.54, 1.807) is 12.1 Å². The van der Waals surface area contributed by atoms with E-state index in [9.17, 15) is 14.4 Å². The largest absolute Gasteiger partial charge is 0.352 e.